The van der Waals surface area contributed by atoms with E-state index in [0.717, 1.165) is 0 Å². The first-order chi connectivity index (χ1) is 9.85. The fourth-order valence-corrected chi connectivity index (χ4v) is 2.14. The van der Waals surface area contributed by atoms with Crippen molar-refractivity contribution < 1.29 is 22.7 Å². The Kier molecular flexibility index (Phi) is 4.69. The van der Waals surface area contributed by atoms with Crippen LogP contribution in [0.1, 0.15) is 12.0 Å². The highest BCUT2D eigenvalue weighted by Crippen LogP contribution is 2.26. The Labute approximate surface area is 119 Å². The number of rotatable bonds is 4. The zero-order valence-electron chi connectivity index (χ0n) is 11.1. The third kappa shape index (κ3) is 4.61. The van der Waals surface area contributed by atoms with Crippen LogP contribution in [-0.4, -0.2) is 30.9 Å². The first kappa shape index (κ1) is 15.6. The van der Waals surface area contributed by atoms with Gasteiger partial charge in [0.05, 0.1) is 6.04 Å². The van der Waals surface area contributed by atoms with E-state index >= 15 is 0 Å². The lowest BCUT2D eigenvalue weighted by atomic mass is 10.1. The standard InChI is InChI=1S/C13H16F3N3O2/c14-13(15,16)21-11-4-2-1-3-8(11)6-19-12(20)10-5-9(17)7-18-10/h1-4,9-10,18H,5-7,17H2,(H,19,20)/t9-,10+/m1/s1. The summed E-state index contributed by atoms with van der Waals surface area (Å²) in [4.78, 5) is 11.9. The third-order valence-electron chi connectivity index (χ3n) is 3.13. The van der Waals surface area contributed by atoms with Crippen molar-refractivity contribution in [3.05, 3.63) is 29.8 Å². The highest BCUT2D eigenvalue weighted by molar-refractivity contribution is 5.82. The van der Waals surface area contributed by atoms with Crippen molar-refractivity contribution in [1.29, 1.82) is 0 Å². The highest BCUT2D eigenvalue weighted by Gasteiger charge is 2.32. The fraction of sp³-hybridized carbons (Fsp3) is 0.462. The Balaban J connectivity index is 1.95. The van der Waals surface area contributed by atoms with Gasteiger partial charge in [0.25, 0.3) is 0 Å². The van der Waals surface area contributed by atoms with Crippen LogP contribution in [0.15, 0.2) is 24.3 Å². The van der Waals surface area contributed by atoms with Crippen LogP contribution in [0.3, 0.4) is 0 Å². The summed E-state index contributed by atoms with van der Waals surface area (Å²) >= 11 is 0. The molecule has 1 saturated heterocycles. The summed E-state index contributed by atoms with van der Waals surface area (Å²) in [5.41, 5.74) is 5.93. The summed E-state index contributed by atoms with van der Waals surface area (Å²) in [7, 11) is 0. The lowest BCUT2D eigenvalue weighted by molar-refractivity contribution is -0.274. The minimum absolute atomic E-state index is 0.0432. The van der Waals surface area contributed by atoms with Crippen molar-refractivity contribution >= 4 is 5.91 Å². The predicted octanol–water partition coefficient (Wildman–Crippen LogP) is 0.891. The summed E-state index contributed by atoms with van der Waals surface area (Å²) in [6, 6.07) is 5.20. The molecule has 21 heavy (non-hydrogen) atoms. The molecule has 0 aliphatic carbocycles. The van der Waals surface area contributed by atoms with Gasteiger partial charge in [-0.2, -0.15) is 0 Å². The second-order valence-corrected chi connectivity index (χ2v) is 4.83. The highest BCUT2D eigenvalue weighted by atomic mass is 19.4. The molecule has 1 fully saturated rings. The summed E-state index contributed by atoms with van der Waals surface area (Å²) in [5, 5.41) is 5.53. The number of carbonyl (C=O) groups excluding carboxylic acids is 1. The van der Waals surface area contributed by atoms with Crippen LogP contribution in [-0.2, 0) is 11.3 Å². The molecule has 0 radical (unpaired) electrons. The molecule has 1 amide bonds. The number of hydrogen-bond donors (Lipinski definition) is 3. The van der Waals surface area contributed by atoms with E-state index in [1.165, 1.54) is 18.2 Å². The molecular formula is C13H16F3N3O2. The Morgan fingerprint density at radius 2 is 2.14 bits per heavy atom. The van der Waals surface area contributed by atoms with Gasteiger partial charge in [-0.3, -0.25) is 4.79 Å². The predicted molar refractivity (Wildman–Crippen MR) is 69.4 cm³/mol. The third-order valence-corrected chi connectivity index (χ3v) is 3.13. The van der Waals surface area contributed by atoms with Gasteiger partial charge in [-0.25, -0.2) is 0 Å². The molecule has 1 aliphatic heterocycles. The SMILES string of the molecule is N[C@H]1CN[C@H](C(=O)NCc2ccccc2OC(F)(F)F)C1. The number of carbonyl (C=O) groups is 1. The lowest BCUT2D eigenvalue weighted by Crippen LogP contribution is -2.40. The topological polar surface area (TPSA) is 76.4 Å². The normalized spacial score (nSPS) is 22.1. The number of para-hydroxylation sites is 1. The second-order valence-electron chi connectivity index (χ2n) is 4.83. The smallest absolute Gasteiger partial charge is 0.405 e. The largest absolute Gasteiger partial charge is 0.573 e. The molecule has 0 saturated carbocycles. The maximum Gasteiger partial charge on any atom is 0.573 e. The molecular weight excluding hydrogens is 287 g/mol. The molecule has 4 N–H and O–H groups in total. The first-order valence-electron chi connectivity index (χ1n) is 6.45. The van der Waals surface area contributed by atoms with Crippen LogP contribution in [0.2, 0.25) is 0 Å². The molecule has 0 aromatic heterocycles. The number of alkyl halides is 3. The summed E-state index contributed by atoms with van der Waals surface area (Å²) in [5.74, 6) is -0.605. The molecule has 2 rings (SSSR count). The Bertz CT molecular complexity index is 508. The van der Waals surface area contributed by atoms with Crippen molar-refractivity contribution in [2.75, 3.05) is 6.54 Å². The van der Waals surface area contributed by atoms with Gasteiger partial charge < -0.3 is 21.1 Å². The number of amides is 1. The summed E-state index contributed by atoms with van der Waals surface area (Å²) in [6.07, 6.45) is -4.26. The van der Waals surface area contributed by atoms with Gasteiger partial charge in [-0.15, -0.1) is 13.2 Å². The zero-order chi connectivity index (χ0) is 15.5. The van der Waals surface area contributed by atoms with Gasteiger partial charge in [0.2, 0.25) is 5.91 Å². The molecule has 0 unspecified atom stereocenters. The quantitative estimate of drug-likeness (QED) is 0.772. The molecule has 8 heteroatoms. The van der Waals surface area contributed by atoms with Crippen molar-refractivity contribution in [2.24, 2.45) is 5.73 Å². The van der Waals surface area contributed by atoms with Gasteiger partial charge in [-0.05, 0) is 12.5 Å². The van der Waals surface area contributed by atoms with Gasteiger partial charge in [0.1, 0.15) is 5.75 Å². The molecule has 1 aliphatic rings. The number of hydrogen-bond acceptors (Lipinski definition) is 4. The Hall–Kier alpha value is -1.80. The van der Waals surface area contributed by atoms with Crippen molar-refractivity contribution in [1.82, 2.24) is 10.6 Å². The van der Waals surface area contributed by atoms with E-state index in [1.54, 1.807) is 6.07 Å². The van der Waals surface area contributed by atoms with Gasteiger partial charge in [0, 0.05) is 24.7 Å². The second kappa shape index (κ2) is 6.31. The average molecular weight is 303 g/mol. The van der Waals surface area contributed by atoms with Crippen molar-refractivity contribution in [2.45, 2.75) is 31.4 Å². The maximum atomic E-state index is 12.3. The monoisotopic (exact) mass is 303 g/mol. The van der Waals surface area contributed by atoms with Crippen LogP contribution in [0.4, 0.5) is 13.2 Å². The first-order valence-corrected chi connectivity index (χ1v) is 6.45. The number of nitrogens with one attached hydrogen (secondary N) is 2. The van der Waals surface area contributed by atoms with Crippen LogP contribution in [0.5, 0.6) is 5.75 Å². The number of nitrogens with two attached hydrogens (primary N) is 1. The average Bonchev–Trinajstić information content (AvgIpc) is 2.82. The molecule has 0 spiro atoms. The van der Waals surface area contributed by atoms with Crippen LogP contribution >= 0.6 is 0 Å². The fourth-order valence-electron chi connectivity index (χ4n) is 2.14. The molecule has 1 aromatic carbocycles. The number of ether oxygens (including phenoxy) is 1. The van der Waals surface area contributed by atoms with E-state index in [4.69, 9.17) is 5.73 Å². The van der Waals surface area contributed by atoms with Gasteiger partial charge >= 0.3 is 6.36 Å². The Morgan fingerprint density at radius 1 is 1.43 bits per heavy atom. The maximum absolute atomic E-state index is 12.3. The van der Waals surface area contributed by atoms with Gasteiger partial charge in [-0.1, -0.05) is 18.2 Å². The van der Waals surface area contributed by atoms with Crippen LogP contribution < -0.4 is 21.1 Å². The summed E-state index contributed by atoms with van der Waals surface area (Å²) < 4.78 is 40.7. The molecule has 0 bridgehead atoms. The van der Waals surface area contributed by atoms with E-state index in [-0.39, 0.29) is 29.8 Å². The van der Waals surface area contributed by atoms with E-state index in [9.17, 15) is 18.0 Å². The van der Waals surface area contributed by atoms with E-state index in [2.05, 4.69) is 15.4 Å². The molecule has 2 atom stereocenters. The number of benzene rings is 1. The molecule has 1 heterocycles. The van der Waals surface area contributed by atoms with Crippen LogP contribution in [0, 0.1) is 0 Å². The Morgan fingerprint density at radius 3 is 2.76 bits per heavy atom. The molecule has 5 nitrogen and oxygen atoms in total. The number of halogens is 3. The molecule has 116 valence electrons. The zero-order valence-corrected chi connectivity index (χ0v) is 11.1. The minimum Gasteiger partial charge on any atom is -0.405 e. The van der Waals surface area contributed by atoms with Crippen LogP contribution in [0.25, 0.3) is 0 Å². The lowest BCUT2D eigenvalue weighted by Gasteiger charge is -2.15. The van der Waals surface area contributed by atoms with E-state index in [1.807, 2.05) is 0 Å². The van der Waals surface area contributed by atoms with Crippen molar-refractivity contribution in [3.63, 3.8) is 0 Å². The molecule has 1 aromatic rings. The minimum atomic E-state index is -4.76. The van der Waals surface area contributed by atoms with Gasteiger partial charge in [0.15, 0.2) is 0 Å². The van der Waals surface area contributed by atoms with E-state index in [0.29, 0.717) is 13.0 Å². The van der Waals surface area contributed by atoms with Crippen molar-refractivity contribution in [3.8, 4) is 5.75 Å². The summed E-state index contributed by atoms with van der Waals surface area (Å²) in [6.45, 7) is 0.504. The van der Waals surface area contributed by atoms with E-state index < -0.39 is 12.4 Å².